The fourth-order valence-electron chi connectivity index (χ4n) is 2.48. The quantitative estimate of drug-likeness (QED) is 0.511. The molecule has 0 N–H and O–H groups in total. The Balaban J connectivity index is 1.70. The Morgan fingerprint density at radius 3 is 2.87 bits per heavy atom. The van der Waals surface area contributed by atoms with Crippen molar-refractivity contribution in [3.8, 4) is 11.6 Å². The number of nitrogens with zero attached hydrogens (tertiary/aromatic N) is 2. The molecule has 0 saturated carbocycles. The lowest BCUT2D eigenvalue weighted by Gasteiger charge is -1.91. The number of rotatable bonds is 3. The summed E-state index contributed by atoms with van der Waals surface area (Å²) in [6.07, 6.45) is 3.77. The van der Waals surface area contributed by atoms with Crippen LogP contribution in [0.2, 0.25) is 0 Å². The lowest BCUT2D eigenvalue weighted by atomic mass is 10.1. The van der Waals surface area contributed by atoms with Crippen molar-refractivity contribution in [2.24, 2.45) is 0 Å². The van der Waals surface area contributed by atoms with Crippen molar-refractivity contribution in [3.05, 3.63) is 57.6 Å². The number of hydrogen-bond donors (Lipinski definition) is 0. The Bertz CT molecular complexity index is 994. The van der Waals surface area contributed by atoms with E-state index in [1.165, 1.54) is 5.56 Å². The fourth-order valence-corrected chi connectivity index (χ4v) is 3.10. The maximum atomic E-state index is 5.90. The van der Waals surface area contributed by atoms with Gasteiger partial charge in [0.05, 0.1) is 0 Å². The van der Waals surface area contributed by atoms with E-state index in [4.69, 9.17) is 8.94 Å². The van der Waals surface area contributed by atoms with Crippen LogP contribution in [0.1, 0.15) is 21.9 Å². The van der Waals surface area contributed by atoms with Crippen molar-refractivity contribution >= 4 is 34.5 Å². The SMILES string of the molecule is Cc1ccc2oc(-c3noc(C=Cc4cccs4)n3)c(C)c2c1. The van der Waals surface area contributed by atoms with Gasteiger partial charge in [-0.2, -0.15) is 4.98 Å². The summed E-state index contributed by atoms with van der Waals surface area (Å²) >= 11 is 1.66. The maximum absolute atomic E-state index is 5.90. The van der Waals surface area contributed by atoms with Crippen molar-refractivity contribution in [1.29, 1.82) is 0 Å². The number of fused-ring (bicyclic) bond motifs is 1. The lowest BCUT2D eigenvalue weighted by molar-refractivity contribution is 0.409. The van der Waals surface area contributed by atoms with E-state index in [1.807, 2.05) is 48.7 Å². The van der Waals surface area contributed by atoms with Crippen molar-refractivity contribution < 1.29 is 8.94 Å². The first kappa shape index (κ1) is 14.0. The third kappa shape index (κ3) is 2.59. The summed E-state index contributed by atoms with van der Waals surface area (Å²) in [6.45, 7) is 4.07. The molecule has 23 heavy (non-hydrogen) atoms. The molecule has 5 heteroatoms. The largest absolute Gasteiger partial charge is 0.452 e. The van der Waals surface area contributed by atoms with Crippen LogP contribution in [0.15, 0.2) is 44.7 Å². The van der Waals surface area contributed by atoms with Crippen LogP contribution in [0.3, 0.4) is 0 Å². The lowest BCUT2D eigenvalue weighted by Crippen LogP contribution is -1.80. The molecule has 0 bridgehead atoms. The first-order valence-electron chi connectivity index (χ1n) is 7.26. The number of benzene rings is 1. The Labute approximate surface area is 137 Å². The maximum Gasteiger partial charge on any atom is 0.251 e. The monoisotopic (exact) mass is 322 g/mol. The van der Waals surface area contributed by atoms with E-state index in [2.05, 4.69) is 23.1 Å². The predicted octanol–water partition coefficient (Wildman–Crippen LogP) is 5.33. The second kappa shape index (κ2) is 5.52. The smallest absolute Gasteiger partial charge is 0.251 e. The molecule has 0 amide bonds. The summed E-state index contributed by atoms with van der Waals surface area (Å²) in [5.41, 5.74) is 3.06. The first-order chi connectivity index (χ1) is 11.2. The Morgan fingerprint density at radius 1 is 1.13 bits per heavy atom. The van der Waals surface area contributed by atoms with E-state index in [0.717, 1.165) is 21.4 Å². The average Bonchev–Trinajstić information content (AvgIpc) is 3.26. The molecule has 1 aromatic carbocycles. The molecule has 4 nitrogen and oxygen atoms in total. The van der Waals surface area contributed by atoms with Gasteiger partial charge in [-0.25, -0.2) is 0 Å². The first-order valence-corrected chi connectivity index (χ1v) is 8.14. The highest BCUT2D eigenvalue weighted by atomic mass is 32.1. The molecule has 0 radical (unpaired) electrons. The van der Waals surface area contributed by atoms with Crippen LogP contribution in [0.25, 0.3) is 34.7 Å². The molecule has 4 aromatic rings. The molecular formula is C18H14N2O2S. The van der Waals surface area contributed by atoms with Gasteiger partial charge in [0.25, 0.3) is 5.89 Å². The van der Waals surface area contributed by atoms with Crippen LogP contribution in [0.5, 0.6) is 0 Å². The number of hydrogen-bond acceptors (Lipinski definition) is 5. The van der Waals surface area contributed by atoms with Crippen molar-refractivity contribution in [2.75, 3.05) is 0 Å². The number of aromatic nitrogens is 2. The van der Waals surface area contributed by atoms with Crippen LogP contribution in [-0.2, 0) is 0 Å². The molecule has 0 aliphatic rings. The van der Waals surface area contributed by atoms with Crippen molar-refractivity contribution in [1.82, 2.24) is 10.1 Å². The number of furan rings is 1. The van der Waals surface area contributed by atoms with Crippen LogP contribution in [0.4, 0.5) is 0 Å². The van der Waals surface area contributed by atoms with E-state index < -0.39 is 0 Å². The molecule has 114 valence electrons. The highest BCUT2D eigenvalue weighted by molar-refractivity contribution is 7.10. The van der Waals surface area contributed by atoms with Gasteiger partial charge in [-0.15, -0.1) is 11.3 Å². The normalized spacial score (nSPS) is 11.7. The molecular weight excluding hydrogens is 308 g/mol. The Kier molecular flexibility index (Phi) is 3.35. The average molecular weight is 322 g/mol. The predicted molar refractivity (Wildman–Crippen MR) is 92.2 cm³/mol. The van der Waals surface area contributed by atoms with Gasteiger partial charge in [-0.1, -0.05) is 22.9 Å². The minimum atomic E-state index is 0.462. The Morgan fingerprint density at radius 2 is 2.04 bits per heavy atom. The van der Waals surface area contributed by atoms with Crippen LogP contribution < -0.4 is 0 Å². The zero-order chi connectivity index (χ0) is 15.8. The summed E-state index contributed by atoms with van der Waals surface area (Å²) < 4.78 is 11.2. The summed E-state index contributed by atoms with van der Waals surface area (Å²) in [5.74, 6) is 1.59. The van der Waals surface area contributed by atoms with Gasteiger partial charge in [0.1, 0.15) is 5.58 Å². The molecule has 0 atom stereocenters. The van der Waals surface area contributed by atoms with Gasteiger partial charge in [0, 0.05) is 21.9 Å². The van der Waals surface area contributed by atoms with Gasteiger partial charge in [0.15, 0.2) is 5.76 Å². The molecule has 0 unspecified atom stereocenters. The van der Waals surface area contributed by atoms with Crippen molar-refractivity contribution in [2.45, 2.75) is 13.8 Å². The van der Waals surface area contributed by atoms with Crippen molar-refractivity contribution in [3.63, 3.8) is 0 Å². The minimum absolute atomic E-state index is 0.462. The van der Waals surface area contributed by atoms with Gasteiger partial charge < -0.3 is 8.94 Å². The highest BCUT2D eigenvalue weighted by Crippen LogP contribution is 2.32. The third-order valence-electron chi connectivity index (χ3n) is 3.67. The standard InChI is InChI=1S/C18H14N2O2S/c1-11-5-7-15-14(10-11)12(2)17(21-15)18-19-16(22-20-18)8-6-13-4-3-9-23-13/h3-10H,1-2H3. The molecule has 3 aromatic heterocycles. The summed E-state index contributed by atoms with van der Waals surface area (Å²) in [7, 11) is 0. The number of aryl methyl sites for hydroxylation is 2. The van der Waals surface area contributed by atoms with Gasteiger partial charge in [-0.05, 0) is 43.5 Å². The van der Waals surface area contributed by atoms with Gasteiger partial charge in [0.2, 0.25) is 5.82 Å². The summed E-state index contributed by atoms with van der Waals surface area (Å²) in [4.78, 5) is 5.54. The Hall–Kier alpha value is -2.66. The van der Waals surface area contributed by atoms with Gasteiger partial charge in [-0.3, -0.25) is 0 Å². The number of thiophene rings is 1. The molecule has 0 aliphatic carbocycles. The molecule has 3 heterocycles. The third-order valence-corrected chi connectivity index (χ3v) is 4.51. The molecule has 4 rings (SSSR count). The zero-order valence-corrected chi connectivity index (χ0v) is 13.6. The molecule has 0 spiro atoms. The van der Waals surface area contributed by atoms with Crippen LogP contribution >= 0.6 is 11.3 Å². The second-order valence-electron chi connectivity index (χ2n) is 5.36. The minimum Gasteiger partial charge on any atom is -0.452 e. The van der Waals surface area contributed by atoms with Crippen LogP contribution in [-0.4, -0.2) is 10.1 Å². The molecule has 0 fully saturated rings. The highest BCUT2D eigenvalue weighted by Gasteiger charge is 2.17. The fraction of sp³-hybridized carbons (Fsp3) is 0.111. The summed E-state index contributed by atoms with van der Waals surface area (Å²) in [5, 5.41) is 7.15. The van der Waals surface area contributed by atoms with E-state index in [1.54, 1.807) is 11.3 Å². The molecule has 0 aliphatic heterocycles. The molecule has 0 saturated heterocycles. The topological polar surface area (TPSA) is 52.1 Å². The van der Waals surface area contributed by atoms with Gasteiger partial charge >= 0.3 is 0 Å². The van der Waals surface area contributed by atoms with E-state index in [9.17, 15) is 0 Å². The summed E-state index contributed by atoms with van der Waals surface area (Å²) in [6, 6.07) is 10.1. The zero-order valence-electron chi connectivity index (χ0n) is 12.7. The van der Waals surface area contributed by atoms with E-state index in [-0.39, 0.29) is 0 Å². The second-order valence-corrected chi connectivity index (χ2v) is 6.34. The van der Waals surface area contributed by atoms with E-state index >= 15 is 0 Å². The van der Waals surface area contributed by atoms with Crippen LogP contribution in [0, 0.1) is 13.8 Å². The van der Waals surface area contributed by atoms with E-state index in [0.29, 0.717) is 17.5 Å².